The van der Waals surface area contributed by atoms with E-state index in [1.54, 1.807) is 5.57 Å². The van der Waals surface area contributed by atoms with E-state index in [0.717, 1.165) is 19.3 Å². The Morgan fingerprint density at radius 2 is 1.94 bits per heavy atom. The minimum atomic E-state index is -0.369. The van der Waals surface area contributed by atoms with Crippen LogP contribution in [0.15, 0.2) is 23.8 Å². The van der Waals surface area contributed by atoms with E-state index < -0.39 is 0 Å². The molecular weight excluding hydrogens is 382 g/mol. The topological polar surface area (TPSA) is 43.7 Å². The lowest BCUT2D eigenvalue weighted by Crippen LogP contribution is -2.30. The SMILES string of the molecule is CCCC[C@@H](C)C[C@H](O)/C=C/[C@@H]1[C@H]2CC(CCCCCN3CCCCC3)=C[C@H]2C[C@H]1O. The van der Waals surface area contributed by atoms with Crippen molar-refractivity contribution in [3.05, 3.63) is 23.8 Å². The van der Waals surface area contributed by atoms with Gasteiger partial charge in [0.15, 0.2) is 0 Å². The average molecular weight is 432 g/mol. The van der Waals surface area contributed by atoms with Gasteiger partial charge in [0.1, 0.15) is 0 Å². The molecule has 6 atom stereocenters. The van der Waals surface area contributed by atoms with Crippen molar-refractivity contribution in [2.75, 3.05) is 19.6 Å². The molecule has 0 bridgehead atoms. The van der Waals surface area contributed by atoms with Gasteiger partial charge in [-0.1, -0.05) is 69.8 Å². The number of rotatable bonds is 13. The lowest BCUT2D eigenvalue weighted by Gasteiger charge is -2.26. The Hall–Kier alpha value is -0.640. The van der Waals surface area contributed by atoms with Crippen LogP contribution >= 0.6 is 0 Å². The van der Waals surface area contributed by atoms with E-state index in [1.807, 2.05) is 6.08 Å². The molecule has 2 aliphatic carbocycles. The van der Waals surface area contributed by atoms with Crippen molar-refractivity contribution in [3.63, 3.8) is 0 Å². The van der Waals surface area contributed by atoms with Crippen LogP contribution in [0.4, 0.5) is 0 Å². The van der Waals surface area contributed by atoms with Gasteiger partial charge in [-0.3, -0.25) is 0 Å². The summed E-state index contributed by atoms with van der Waals surface area (Å²) in [4.78, 5) is 2.65. The zero-order valence-corrected chi connectivity index (χ0v) is 20.4. The predicted molar refractivity (Wildman–Crippen MR) is 131 cm³/mol. The van der Waals surface area contributed by atoms with Crippen molar-refractivity contribution in [2.24, 2.45) is 23.7 Å². The van der Waals surface area contributed by atoms with E-state index in [1.165, 1.54) is 83.8 Å². The van der Waals surface area contributed by atoms with Gasteiger partial charge in [0.2, 0.25) is 0 Å². The van der Waals surface area contributed by atoms with Crippen molar-refractivity contribution >= 4 is 0 Å². The third kappa shape index (κ3) is 8.02. The van der Waals surface area contributed by atoms with Crippen LogP contribution in [0.3, 0.4) is 0 Å². The highest BCUT2D eigenvalue weighted by atomic mass is 16.3. The highest BCUT2D eigenvalue weighted by Crippen LogP contribution is 2.48. The molecule has 1 saturated heterocycles. The number of hydrogen-bond donors (Lipinski definition) is 2. The summed E-state index contributed by atoms with van der Waals surface area (Å²) in [7, 11) is 0. The van der Waals surface area contributed by atoms with E-state index in [4.69, 9.17) is 0 Å². The second-order valence-electron chi connectivity index (χ2n) is 10.9. The molecule has 3 nitrogen and oxygen atoms in total. The largest absolute Gasteiger partial charge is 0.392 e. The Bertz CT molecular complexity index is 565. The predicted octanol–water partition coefficient (Wildman–Crippen LogP) is 6.11. The summed E-state index contributed by atoms with van der Waals surface area (Å²) in [6.45, 7) is 8.40. The maximum Gasteiger partial charge on any atom is 0.0723 e. The summed E-state index contributed by atoms with van der Waals surface area (Å²) >= 11 is 0. The fourth-order valence-electron chi connectivity index (χ4n) is 6.26. The van der Waals surface area contributed by atoms with E-state index in [-0.39, 0.29) is 18.1 Å². The standard InChI is InChI=1S/C28H49NO2/c1-3-4-11-22(2)18-25(30)13-14-26-27-20-23(19-24(27)21-28(26)31)12-7-5-8-15-29-16-9-6-10-17-29/h13-14,19,22,24-28,30-31H,3-12,15-18,20-21H2,1-2H3/b14-13+/t22-,24+,25-,26-,27+,28-/m1/s1. The summed E-state index contributed by atoms with van der Waals surface area (Å²) in [6.07, 6.45) is 22.1. The van der Waals surface area contributed by atoms with Crippen LogP contribution in [-0.4, -0.2) is 47.0 Å². The van der Waals surface area contributed by atoms with Crippen molar-refractivity contribution in [2.45, 2.75) is 110 Å². The second kappa shape index (κ2) is 13.2. The molecule has 1 saturated carbocycles. The van der Waals surface area contributed by atoms with E-state index in [0.29, 0.717) is 17.8 Å². The molecule has 3 heteroatoms. The van der Waals surface area contributed by atoms with E-state index in [2.05, 4.69) is 30.9 Å². The number of aliphatic hydroxyl groups is 2. The number of nitrogens with zero attached hydrogens (tertiary/aromatic N) is 1. The summed E-state index contributed by atoms with van der Waals surface area (Å²) < 4.78 is 0. The van der Waals surface area contributed by atoms with E-state index >= 15 is 0 Å². The Labute approximate surface area is 192 Å². The Kier molecular flexibility index (Phi) is 10.6. The number of allylic oxidation sites excluding steroid dienone is 2. The molecule has 1 aliphatic heterocycles. The third-order valence-electron chi connectivity index (χ3n) is 8.12. The van der Waals surface area contributed by atoms with Gasteiger partial charge in [0.25, 0.3) is 0 Å². The normalized spacial score (nSPS) is 31.2. The Morgan fingerprint density at radius 1 is 1.13 bits per heavy atom. The molecule has 0 radical (unpaired) electrons. The molecule has 0 aromatic rings. The van der Waals surface area contributed by atoms with Crippen LogP contribution in [0.1, 0.15) is 97.3 Å². The van der Waals surface area contributed by atoms with Gasteiger partial charge in [-0.25, -0.2) is 0 Å². The zero-order valence-electron chi connectivity index (χ0n) is 20.4. The summed E-state index contributed by atoms with van der Waals surface area (Å²) in [5.74, 6) is 1.89. The molecule has 3 rings (SSSR count). The zero-order chi connectivity index (χ0) is 22.1. The molecule has 0 spiro atoms. The molecule has 1 heterocycles. The van der Waals surface area contributed by atoms with Crippen LogP contribution in [0, 0.1) is 23.7 Å². The number of piperidine rings is 1. The second-order valence-corrected chi connectivity index (χ2v) is 10.9. The van der Waals surface area contributed by atoms with Gasteiger partial charge in [-0.15, -0.1) is 0 Å². The Morgan fingerprint density at radius 3 is 2.71 bits per heavy atom. The highest BCUT2D eigenvalue weighted by Gasteiger charge is 2.43. The third-order valence-corrected chi connectivity index (χ3v) is 8.12. The van der Waals surface area contributed by atoms with Crippen molar-refractivity contribution < 1.29 is 10.2 Å². The van der Waals surface area contributed by atoms with Gasteiger partial charge < -0.3 is 15.1 Å². The molecule has 0 unspecified atom stereocenters. The summed E-state index contributed by atoms with van der Waals surface area (Å²) in [5, 5.41) is 21.0. The first-order valence-electron chi connectivity index (χ1n) is 13.5. The highest BCUT2D eigenvalue weighted by molar-refractivity contribution is 5.21. The number of fused-ring (bicyclic) bond motifs is 1. The van der Waals surface area contributed by atoms with Crippen molar-refractivity contribution in [1.29, 1.82) is 0 Å². The molecule has 0 aromatic carbocycles. The van der Waals surface area contributed by atoms with Crippen LogP contribution in [0.5, 0.6) is 0 Å². The summed E-state index contributed by atoms with van der Waals surface area (Å²) in [5.41, 5.74) is 1.63. The molecule has 2 fully saturated rings. The fourth-order valence-corrected chi connectivity index (χ4v) is 6.26. The van der Waals surface area contributed by atoms with Crippen LogP contribution in [0.25, 0.3) is 0 Å². The number of likely N-dealkylation sites (tertiary alicyclic amines) is 1. The minimum Gasteiger partial charge on any atom is -0.392 e. The maximum atomic E-state index is 10.6. The van der Waals surface area contributed by atoms with Crippen molar-refractivity contribution in [1.82, 2.24) is 4.90 Å². The minimum absolute atomic E-state index is 0.221. The van der Waals surface area contributed by atoms with Crippen LogP contribution < -0.4 is 0 Å². The van der Waals surface area contributed by atoms with Crippen molar-refractivity contribution in [3.8, 4) is 0 Å². The average Bonchev–Trinajstić information content (AvgIpc) is 3.27. The molecule has 178 valence electrons. The monoisotopic (exact) mass is 431 g/mol. The molecular formula is C28H49NO2. The maximum absolute atomic E-state index is 10.6. The van der Waals surface area contributed by atoms with Gasteiger partial charge in [-0.05, 0) is 88.8 Å². The van der Waals surface area contributed by atoms with Gasteiger partial charge >= 0.3 is 0 Å². The molecule has 2 N–H and O–H groups in total. The van der Waals surface area contributed by atoms with Gasteiger partial charge in [-0.2, -0.15) is 0 Å². The molecule has 0 amide bonds. The molecule has 3 aliphatic rings. The summed E-state index contributed by atoms with van der Waals surface area (Å²) in [6, 6.07) is 0. The smallest absolute Gasteiger partial charge is 0.0723 e. The van der Waals surface area contributed by atoms with E-state index in [9.17, 15) is 10.2 Å². The van der Waals surface area contributed by atoms with Crippen LogP contribution in [-0.2, 0) is 0 Å². The fraction of sp³-hybridized carbons (Fsp3) is 0.857. The lowest BCUT2D eigenvalue weighted by molar-refractivity contribution is 0.139. The molecule has 0 aromatic heterocycles. The first-order chi connectivity index (χ1) is 15.1. The number of unbranched alkanes of at least 4 members (excludes halogenated alkanes) is 3. The first-order valence-corrected chi connectivity index (χ1v) is 13.5. The molecule has 31 heavy (non-hydrogen) atoms. The first kappa shape index (κ1) is 25.0. The lowest BCUT2D eigenvalue weighted by atomic mass is 9.88. The van der Waals surface area contributed by atoms with Crippen LogP contribution in [0.2, 0.25) is 0 Å². The van der Waals surface area contributed by atoms with Gasteiger partial charge in [0.05, 0.1) is 12.2 Å². The number of hydrogen-bond acceptors (Lipinski definition) is 3. The van der Waals surface area contributed by atoms with Gasteiger partial charge in [0, 0.05) is 5.92 Å². The quantitative estimate of drug-likeness (QED) is 0.273. The Balaban J connectivity index is 1.35. The number of aliphatic hydroxyl groups excluding tert-OH is 2.